The maximum atomic E-state index is 13.8. The van der Waals surface area contributed by atoms with Crippen LogP contribution in [-0.4, -0.2) is 33.6 Å². The molecular weight excluding hydrogens is 493 g/mol. The first-order valence-electron chi connectivity index (χ1n) is 11.9. The van der Waals surface area contributed by atoms with Gasteiger partial charge in [-0.1, -0.05) is 36.4 Å². The molecule has 0 saturated carbocycles. The first-order valence-corrected chi connectivity index (χ1v) is 11.9. The summed E-state index contributed by atoms with van der Waals surface area (Å²) in [4.78, 5) is 27.4. The number of carbonyl (C=O) groups excluding carboxylic acids is 2. The molecule has 1 saturated heterocycles. The number of rotatable bonds is 5. The van der Waals surface area contributed by atoms with Gasteiger partial charge < -0.3 is 5.32 Å². The van der Waals surface area contributed by atoms with Crippen molar-refractivity contribution >= 4 is 34.5 Å². The van der Waals surface area contributed by atoms with Gasteiger partial charge in [0.25, 0.3) is 11.8 Å². The van der Waals surface area contributed by atoms with Crippen molar-refractivity contribution in [2.24, 2.45) is 0 Å². The van der Waals surface area contributed by atoms with Crippen molar-refractivity contribution in [3.63, 3.8) is 0 Å². The van der Waals surface area contributed by atoms with Crippen LogP contribution in [0.25, 0.3) is 22.7 Å². The zero-order valence-corrected chi connectivity index (χ0v) is 20.5. The standard InChI is InChI=1S/C29H23F3N4O2/c1-3-24-26(34-28(38)29(2,31)32)23(15-18-7-5-4-6-8-18)27(37)35(24)22-13-14-25-19(16-22)17-33-36(25)21-11-9-20(30)10-12-21/h3-17,26H,1-2H3,(H,34,38)/b23-15-,24-3+/t26-/m0/s1. The fourth-order valence-corrected chi connectivity index (χ4v) is 4.45. The van der Waals surface area contributed by atoms with E-state index in [-0.39, 0.29) is 11.4 Å². The lowest BCUT2D eigenvalue weighted by atomic mass is 10.0. The van der Waals surface area contributed by atoms with E-state index in [2.05, 4.69) is 10.4 Å². The summed E-state index contributed by atoms with van der Waals surface area (Å²) in [7, 11) is 0. The van der Waals surface area contributed by atoms with Gasteiger partial charge in [0.1, 0.15) is 11.9 Å². The van der Waals surface area contributed by atoms with Gasteiger partial charge in [0.05, 0.1) is 17.4 Å². The van der Waals surface area contributed by atoms with Crippen LogP contribution < -0.4 is 10.2 Å². The summed E-state index contributed by atoms with van der Waals surface area (Å²) in [6.45, 7) is 2.19. The average molecular weight is 517 g/mol. The molecule has 192 valence electrons. The lowest BCUT2D eigenvalue weighted by molar-refractivity contribution is -0.143. The number of carbonyl (C=O) groups is 2. The Balaban J connectivity index is 1.58. The van der Waals surface area contributed by atoms with Gasteiger partial charge in [-0.15, -0.1) is 0 Å². The molecule has 38 heavy (non-hydrogen) atoms. The Kier molecular flexibility index (Phi) is 6.36. The van der Waals surface area contributed by atoms with Gasteiger partial charge >= 0.3 is 5.92 Å². The zero-order valence-electron chi connectivity index (χ0n) is 20.5. The Labute approximate surface area is 216 Å². The fraction of sp³-hybridized carbons (Fsp3) is 0.138. The number of amides is 2. The van der Waals surface area contributed by atoms with Crippen LogP contribution in [0, 0.1) is 5.82 Å². The van der Waals surface area contributed by atoms with Gasteiger partial charge in [-0.2, -0.15) is 13.9 Å². The molecule has 5 rings (SSSR count). The lowest BCUT2D eigenvalue weighted by Crippen LogP contribution is -2.44. The Morgan fingerprint density at radius 2 is 1.71 bits per heavy atom. The van der Waals surface area contributed by atoms with E-state index in [1.54, 1.807) is 84.6 Å². The van der Waals surface area contributed by atoms with E-state index in [1.807, 2.05) is 6.07 Å². The molecular formula is C29H23F3N4O2. The quantitative estimate of drug-likeness (QED) is 0.349. The van der Waals surface area contributed by atoms with Crippen molar-refractivity contribution in [2.45, 2.75) is 25.8 Å². The third-order valence-electron chi connectivity index (χ3n) is 6.29. The highest BCUT2D eigenvalue weighted by atomic mass is 19.3. The highest BCUT2D eigenvalue weighted by Crippen LogP contribution is 2.36. The van der Waals surface area contributed by atoms with Gasteiger partial charge in [0.2, 0.25) is 0 Å². The molecule has 1 aliphatic heterocycles. The topological polar surface area (TPSA) is 67.2 Å². The Bertz CT molecular complexity index is 1590. The smallest absolute Gasteiger partial charge is 0.321 e. The summed E-state index contributed by atoms with van der Waals surface area (Å²) in [5.74, 6) is -5.91. The predicted molar refractivity (Wildman–Crippen MR) is 139 cm³/mol. The maximum absolute atomic E-state index is 13.8. The van der Waals surface area contributed by atoms with Crippen LogP contribution in [0.15, 0.2) is 96.3 Å². The normalized spacial score (nSPS) is 18.1. The number of hydrogen-bond donors (Lipinski definition) is 1. The molecule has 0 unspecified atom stereocenters. The van der Waals surface area contributed by atoms with Gasteiger partial charge in [-0.3, -0.25) is 14.5 Å². The molecule has 1 atom stereocenters. The minimum Gasteiger partial charge on any atom is -0.338 e. The zero-order chi connectivity index (χ0) is 27.0. The minimum atomic E-state index is -3.62. The Morgan fingerprint density at radius 3 is 2.37 bits per heavy atom. The third-order valence-corrected chi connectivity index (χ3v) is 6.29. The molecule has 1 N–H and O–H groups in total. The molecule has 1 fully saturated rings. The second kappa shape index (κ2) is 9.66. The van der Waals surface area contributed by atoms with Crippen molar-refractivity contribution in [1.82, 2.24) is 15.1 Å². The number of anilines is 1. The number of nitrogens with one attached hydrogen (secondary N) is 1. The first-order chi connectivity index (χ1) is 18.2. The molecule has 4 aromatic rings. The molecule has 1 aromatic heterocycles. The van der Waals surface area contributed by atoms with Gasteiger partial charge in [-0.25, -0.2) is 9.07 Å². The van der Waals surface area contributed by atoms with Gasteiger partial charge in [-0.05, 0) is 61.0 Å². The lowest BCUT2D eigenvalue weighted by Gasteiger charge is -2.22. The van der Waals surface area contributed by atoms with E-state index in [4.69, 9.17) is 0 Å². The fourth-order valence-electron chi connectivity index (χ4n) is 4.45. The molecule has 2 heterocycles. The average Bonchev–Trinajstić information content (AvgIpc) is 3.43. The van der Waals surface area contributed by atoms with E-state index in [0.717, 1.165) is 5.52 Å². The maximum Gasteiger partial charge on any atom is 0.321 e. The van der Waals surface area contributed by atoms with Crippen LogP contribution in [0.4, 0.5) is 18.9 Å². The molecule has 1 aliphatic rings. The van der Waals surface area contributed by atoms with Gasteiger partial charge in [0.15, 0.2) is 0 Å². The van der Waals surface area contributed by atoms with Crippen LogP contribution in [0.1, 0.15) is 19.4 Å². The van der Waals surface area contributed by atoms with E-state index >= 15 is 0 Å². The number of nitrogens with zero attached hydrogens (tertiary/aromatic N) is 3. The summed E-state index contributed by atoms with van der Waals surface area (Å²) >= 11 is 0. The number of benzene rings is 3. The third kappa shape index (κ3) is 4.58. The van der Waals surface area contributed by atoms with E-state index < -0.39 is 23.8 Å². The second-order valence-corrected chi connectivity index (χ2v) is 8.94. The van der Waals surface area contributed by atoms with Crippen molar-refractivity contribution in [2.75, 3.05) is 4.90 Å². The molecule has 0 spiro atoms. The van der Waals surface area contributed by atoms with Gasteiger partial charge in [0, 0.05) is 29.3 Å². The Hall–Kier alpha value is -4.66. The number of halogens is 3. The van der Waals surface area contributed by atoms with Crippen LogP contribution >= 0.6 is 0 Å². The van der Waals surface area contributed by atoms with Crippen LogP contribution in [0.5, 0.6) is 0 Å². The molecule has 9 heteroatoms. The van der Waals surface area contributed by atoms with Crippen molar-refractivity contribution in [3.8, 4) is 5.69 Å². The van der Waals surface area contributed by atoms with E-state index in [1.165, 1.54) is 17.0 Å². The second-order valence-electron chi connectivity index (χ2n) is 8.94. The summed E-state index contributed by atoms with van der Waals surface area (Å²) in [5, 5.41) is 7.46. The summed E-state index contributed by atoms with van der Waals surface area (Å²) in [5.41, 5.74) is 3.06. The number of fused-ring (bicyclic) bond motifs is 1. The number of aromatic nitrogens is 2. The largest absolute Gasteiger partial charge is 0.338 e. The number of allylic oxidation sites excluding steroid dienone is 1. The first kappa shape index (κ1) is 25.0. The number of hydrogen-bond acceptors (Lipinski definition) is 3. The highest BCUT2D eigenvalue weighted by molar-refractivity contribution is 6.16. The van der Waals surface area contributed by atoms with E-state index in [9.17, 15) is 22.8 Å². The molecule has 0 aliphatic carbocycles. The molecule has 0 bridgehead atoms. The highest BCUT2D eigenvalue weighted by Gasteiger charge is 2.44. The molecule has 0 radical (unpaired) electrons. The summed E-state index contributed by atoms with van der Waals surface area (Å²) < 4.78 is 42.7. The predicted octanol–water partition coefficient (Wildman–Crippen LogP) is 5.64. The van der Waals surface area contributed by atoms with Crippen LogP contribution in [0.2, 0.25) is 0 Å². The van der Waals surface area contributed by atoms with Crippen LogP contribution in [-0.2, 0) is 9.59 Å². The van der Waals surface area contributed by atoms with Crippen LogP contribution in [0.3, 0.4) is 0 Å². The summed E-state index contributed by atoms with van der Waals surface area (Å²) in [6, 6.07) is 19.0. The van der Waals surface area contributed by atoms with Crippen molar-refractivity contribution in [1.29, 1.82) is 0 Å². The van der Waals surface area contributed by atoms with Crippen molar-refractivity contribution < 1.29 is 22.8 Å². The minimum absolute atomic E-state index is 0.156. The molecule has 6 nitrogen and oxygen atoms in total. The Morgan fingerprint density at radius 1 is 1.03 bits per heavy atom. The van der Waals surface area contributed by atoms with E-state index in [0.29, 0.717) is 34.9 Å². The molecule has 2 amide bonds. The summed E-state index contributed by atoms with van der Waals surface area (Å²) in [6.07, 6.45) is 4.83. The van der Waals surface area contributed by atoms with Crippen molar-refractivity contribution in [3.05, 3.63) is 108 Å². The molecule has 3 aromatic carbocycles. The SMILES string of the molecule is C/C=C1\[C@@H](NC(=O)C(C)(F)F)/C(=C/c2ccccc2)C(=O)N1c1ccc2c(cnn2-c2ccc(F)cc2)c1. The monoisotopic (exact) mass is 516 g/mol. The number of alkyl halides is 2.